The number of halogens is 3. The van der Waals surface area contributed by atoms with Crippen LogP contribution in [0.15, 0.2) is 42.5 Å². The maximum Gasteiger partial charge on any atom is 0.205 e. The zero-order valence-electron chi connectivity index (χ0n) is 12.9. The van der Waals surface area contributed by atoms with Crippen LogP contribution in [0.3, 0.4) is 0 Å². The van der Waals surface area contributed by atoms with Gasteiger partial charge in [-0.25, -0.2) is 13.2 Å². The van der Waals surface area contributed by atoms with Gasteiger partial charge in [0.15, 0.2) is 0 Å². The minimum Gasteiger partial charge on any atom is -0.386 e. The highest BCUT2D eigenvalue weighted by Gasteiger charge is 2.18. The Hall–Kier alpha value is -2.45. The van der Waals surface area contributed by atoms with E-state index < -0.39 is 17.7 Å². The summed E-state index contributed by atoms with van der Waals surface area (Å²) in [5.41, 5.74) is 0.503. The molecule has 1 aromatic heterocycles. The topological polar surface area (TPSA) is 58.0 Å². The van der Waals surface area contributed by atoms with Crippen LogP contribution < -0.4 is 5.32 Å². The Labute approximate surface area is 146 Å². The van der Waals surface area contributed by atoms with Crippen molar-refractivity contribution in [2.24, 2.45) is 0 Å². The Balaban J connectivity index is 1.61. The van der Waals surface area contributed by atoms with Gasteiger partial charge in [0, 0.05) is 13.0 Å². The predicted octanol–water partition coefficient (Wildman–Crippen LogP) is 3.69. The second-order valence-electron chi connectivity index (χ2n) is 5.34. The van der Waals surface area contributed by atoms with Crippen molar-refractivity contribution in [1.29, 1.82) is 0 Å². The molecule has 0 amide bonds. The van der Waals surface area contributed by atoms with Crippen molar-refractivity contribution in [2.45, 2.75) is 12.5 Å². The third kappa shape index (κ3) is 4.34. The maximum atomic E-state index is 13.6. The zero-order valence-corrected chi connectivity index (χ0v) is 13.7. The highest BCUT2D eigenvalue weighted by Crippen LogP contribution is 2.23. The molecule has 25 heavy (non-hydrogen) atoms. The molecule has 1 heterocycles. The third-order valence-electron chi connectivity index (χ3n) is 3.52. The molecule has 4 nitrogen and oxygen atoms in total. The van der Waals surface area contributed by atoms with E-state index in [1.807, 2.05) is 0 Å². The van der Waals surface area contributed by atoms with Gasteiger partial charge in [-0.05, 0) is 29.8 Å². The lowest BCUT2D eigenvalue weighted by molar-refractivity contribution is 0.181. The normalized spacial score (nSPS) is 12.2. The molecule has 0 aliphatic rings. The fraction of sp³-hybridized carbons (Fsp3) is 0.176. The SMILES string of the molecule is OC(CNc1nnc(Cc2ccc(F)cc2)s1)c1c(F)cccc1F. The summed E-state index contributed by atoms with van der Waals surface area (Å²) >= 11 is 1.25. The summed E-state index contributed by atoms with van der Waals surface area (Å²) < 4.78 is 40.1. The smallest absolute Gasteiger partial charge is 0.205 e. The molecule has 8 heteroatoms. The second-order valence-corrected chi connectivity index (χ2v) is 6.40. The second kappa shape index (κ2) is 7.62. The van der Waals surface area contributed by atoms with Crippen LogP contribution in [-0.2, 0) is 6.42 Å². The van der Waals surface area contributed by atoms with E-state index in [0.29, 0.717) is 16.6 Å². The zero-order chi connectivity index (χ0) is 17.8. The van der Waals surface area contributed by atoms with Crippen LogP contribution in [0.1, 0.15) is 22.2 Å². The molecule has 2 N–H and O–H groups in total. The van der Waals surface area contributed by atoms with Crippen LogP contribution in [0.2, 0.25) is 0 Å². The molecule has 1 unspecified atom stereocenters. The Morgan fingerprint density at radius 1 is 1.00 bits per heavy atom. The molecular weight excluding hydrogens is 351 g/mol. The Kier molecular flexibility index (Phi) is 5.30. The fourth-order valence-electron chi connectivity index (χ4n) is 2.29. The number of hydrogen-bond donors (Lipinski definition) is 2. The number of nitrogens with one attached hydrogen (secondary N) is 1. The van der Waals surface area contributed by atoms with Crippen molar-refractivity contribution >= 4 is 16.5 Å². The highest BCUT2D eigenvalue weighted by atomic mass is 32.1. The monoisotopic (exact) mass is 365 g/mol. The lowest BCUT2D eigenvalue weighted by Crippen LogP contribution is -2.15. The van der Waals surface area contributed by atoms with Crippen molar-refractivity contribution in [3.63, 3.8) is 0 Å². The first-order chi connectivity index (χ1) is 12.0. The van der Waals surface area contributed by atoms with Gasteiger partial charge in [0.05, 0.1) is 5.56 Å². The molecule has 130 valence electrons. The summed E-state index contributed by atoms with van der Waals surface area (Å²) in [6, 6.07) is 9.48. The third-order valence-corrected chi connectivity index (χ3v) is 4.40. The van der Waals surface area contributed by atoms with E-state index in [1.54, 1.807) is 12.1 Å². The predicted molar refractivity (Wildman–Crippen MR) is 88.9 cm³/mol. The maximum absolute atomic E-state index is 13.6. The lowest BCUT2D eigenvalue weighted by atomic mass is 10.1. The van der Waals surface area contributed by atoms with E-state index in [9.17, 15) is 18.3 Å². The van der Waals surface area contributed by atoms with Crippen LogP contribution >= 0.6 is 11.3 Å². The number of anilines is 1. The first kappa shape index (κ1) is 17.4. The standard InChI is InChI=1S/C17H14F3N3OS/c18-11-6-4-10(5-7-11)8-15-22-23-17(25-15)21-9-14(24)16-12(19)2-1-3-13(16)20/h1-7,14,24H,8-9H2,(H,21,23). The summed E-state index contributed by atoms with van der Waals surface area (Å²) in [4.78, 5) is 0. The van der Waals surface area contributed by atoms with Gasteiger partial charge in [-0.3, -0.25) is 0 Å². The highest BCUT2D eigenvalue weighted by molar-refractivity contribution is 7.15. The molecule has 0 aliphatic carbocycles. The molecule has 3 rings (SSSR count). The van der Waals surface area contributed by atoms with Gasteiger partial charge < -0.3 is 10.4 Å². The minimum atomic E-state index is -1.36. The van der Waals surface area contributed by atoms with E-state index in [2.05, 4.69) is 15.5 Å². The molecule has 0 aliphatic heterocycles. The van der Waals surface area contributed by atoms with Gasteiger partial charge in [0.25, 0.3) is 0 Å². The largest absolute Gasteiger partial charge is 0.386 e. The van der Waals surface area contributed by atoms with E-state index in [0.717, 1.165) is 17.7 Å². The Bertz CT molecular complexity index is 834. The first-order valence-electron chi connectivity index (χ1n) is 7.45. The molecule has 0 fully saturated rings. The van der Waals surface area contributed by atoms with E-state index in [4.69, 9.17) is 0 Å². The summed E-state index contributed by atoms with van der Waals surface area (Å²) in [6.45, 7) is -0.108. The quantitative estimate of drug-likeness (QED) is 0.700. The summed E-state index contributed by atoms with van der Waals surface area (Å²) in [7, 11) is 0. The van der Waals surface area contributed by atoms with Gasteiger partial charge in [-0.15, -0.1) is 10.2 Å². The molecule has 3 aromatic rings. The average Bonchev–Trinajstić information content (AvgIpc) is 3.02. The van der Waals surface area contributed by atoms with Gasteiger partial charge in [-0.2, -0.15) is 0 Å². The summed E-state index contributed by atoms with van der Waals surface area (Å²) in [6.07, 6.45) is -0.866. The molecule has 2 aromatic carbocycles. The molecule has 0 saturated heterocycles. The van der Waals surface area contributed by atoms with Gasteiger partial charge >= 0.3 is 0 Å². The molecule has 1 atom stereocenters. The van der Waals surface area contributed by atoms with E-state index in [-0.39, 0.29) is 17.9 Å². The van der Waals surface area contributed by atoms with Crippen LogP contribution in [0, 0.1) is 17.5 Å². The minimum absolute atomic E-state index is 0.108. The number of rotatable bonds is 6. The number of aromatic nitrogens is 2. The van der Waals surface area contributed by atoms with Crippen LogP contribution in [0.5, 0.6) is 0 Å². The average molecular weight is 365 g/mol. The van der Waals surface area contributed by atoms with Crippen LogP contribution in [-0.4, -0.2) is 21.8 Å². The van der Waals surface area contributed by atoms with Crippen molar-refractivity contribution < 1.29 is 18.3 Å². The van der Waals surface area contributed by atoms with Gasteiger partial charge in [0.1, 0.15) is 28.6 Å². The number of benzene rings is 2. The number of nitrogens with zero attached hydrogens (tertiary/aromatic N) is 2. The van der Waals surface area contributed by atoms with Gasteiger partial charge in [-0.1, -0.05) is 29.5 Å². The number of hydrogen-bond acceptors (Lipinski definition) is 5. The van der Waals surface area contributed by atoms with Crippen molar-refractivity contribution in [3.8, 4) is 0 Å². The lowest BCUT2D eigenvalue weighted by Gasteiger charge is -2.12. The van der Waals surface area contributed by atoms with E-state index in [1.165, 1.54) is 29.5 Å². The Morgan fingerprint density at radius 2 is 1.68 bits per heavy atom. The van der Waals surface area contributed by atoms with Crippen LogP contribution in [0.4, 0.5) is 18.3 Å². The molecule has 0 bridgehead atoms. The molecular formula is C17H14F3N3OS. The molecule has 0 saturated carbocycles. The van der Waals surface area contributed by atoms with Gasteiger partial charge in [0.2, 0.25) is 5.13 Å². The fourth-order valence-corrected chi connectivity index (χ4v) is 3.07. The number of aliphatic hydroxyl groups excluding tert-OH is 1. The van der Waals surface area contributed by atoms with Crippen molar-refractivity contribution in [3.05, 3.63) is 76.1 Å². The molecule has 0 radical (unpaired) electrons. The summed E-state index contributed by atoms with van der Waals surface area (Å²) in [5, 5.41) is 21.9. The van der Waals surface area contributed by atoms with E-state index >= 15 is 0 Å². The summed E-state index contributed by atoms with van der Waals surface area (Å²) in [5.74, 6) is -1.91. The van der Waals surface area contributed by atoms with Crippen LogP contribution in [0.25, 0.3) is 0 Å². The molecule has 0 spiro atoms. The van der Waals surface area contributed by atoms with Crippen molar-refractivity contribution in [1.82, 2.24) is 10.2 Å². The first-order valence-corrected chi connectivity index (χ1v) is 8.27. The van der Waals surface area contributed by atoms with Crippen molar-refractivity contribution in [2.75, 3.05) is 11.9 Å². The number of aliphatic hydroxyl groups is 1. The Morgan fingerprint density at radius 3 is 2.36 bits per heavy atom.